The number of ether oxygens (including phenoxy) is 1. The van der Waals surface area contributed by atoms with Crippen LogP contribution in [0.2, 0.25) is 5.15 Å². The van der Waals surface area contributed by atoms with Crippen molar-refractivity contribution in [1.29, 1.82) is 0 Å². The number of halogens is 5. The molecule has 0 saturated carbocycles. The topological polar surface area (TPSA) is 48.1 Å². The van der Waals surface area contributed by atoms with Gasteiger partial charge < -0.3 is 10.5 Å². The standard InChI is InChI=1S/C6H3BrClF3N2O/c7-2-1-3(8)13-5(12)4(2)14-6(9,10)11/h1H,(H2,12,13). The number of nitrogens with two attached hydrogens (primary N) is 1. The highest BCUT2D eigenvalue weighted by Gasteiger charge is 2.33. The van der Waals surface area contributed by atoms with Crippen molar-refractivity contribution in [2.24, 2.45) is 0 Å². The predicted octanol–water partition coefficient (Wildman–Crippen LogP) is 2.98. The Hall–Kier alpha value is -0.690. The lowest BCUT2D eigenvalue weighted by molar-refractivity contribution is -0.274. The van der Waals surface area contributed by atoms with E-state index in [-0.39, 0.29) is 9.63 Å². The fourth-order valence-electron chi connectivity index (χ4n) is 0.707. The second-order valence-corrected chi connectivity index (χ2v) is 3.43. The number of rotatable bonds is 1. The molecule has 1 heterocycles. The van der Waals surface area contributed by atoms with Gasteiger partial charge in [-0.05, 0) is 22.0 Å². The van der Waals surface area contributed by atoms with E-state index in [4.69, 9.17) is 17.3 Å². The molecule has 0 radical (unpaired) electrons. The zero-order chi connectivity index (χ0) is 10.9. The molecule has 3 nitrogen and oxygen atoms in total. The Labute approximate surface area is 90.1 Å². The fourth-order valence-corrected chi connectivity index (χ4v) is 1.54. The smallest absolute Gasteiger partial charge is 0.401 e. The van der Waals surface area contributed by atoms with Gasteiger partial charge in [-0.25, -0.2) is 4.98 Å². The van der Waals surface area contributed by atoms with E-state index in [1.807, 2.05) is 0 Å². The van der Waals surface area contributed by atoms with Crippen molar-refractivity contribution in [2.45, 2.75) is 6.36 Å². The van der Waals surface area contributed by atoms with E-state index in [0.29, 0.717) is 0 Å². The van der Waals surface area contributed by atoms with E-state index >= 15 is 0 Å². The summed E-state index contributed by atoms with van der Waals surface area (Å²) in [5.74, 6) is -1.02. The molecule has 0 saturated heterocycles. The van der Waals surface area contributed by atoms with Crippen LogP contribution in [0.4, 0.5) is 19.0 Å². The number of aromatic nitrogens is 1. The summed E-state index contributed by atoms with van der Waals surface area (Å²) in [6, 6.07) is 1.15. The van der Waals surface area contributed by atoms with E-state index in [0.717, 1.165) is 6.07 Å². The summed E-state index contributed by atoms with van der Waals surface area (Å²) >= 11 is 8.26. The molecule has 0 aromatic carbocycles. The molecule has 0 aliphatic heterocycles. The van der Waals surface area contributed by atoms with Gasteiger partial charge in [-0.15, -0.1) is 13.2 Å². The normalized spacial score (nSPS) is 11.5. The van der Waals surface area contributed by atoms with Gasteiger partial charge in [-0.2, -0.15) is 0 Å². The molecule has 0 aliphatic carbocycles. The second kappa shape index (κ2) is 3.82. The Bertz CT molecular complexity index is 334. The van der Waals surface area contributed by atoms with Crippen LogP contribution in [0.5, 0.6) is 5.75 Å². The van der Waals surface area contributed by atoms with Crippen LogP contribution < -0.4 is 10.5 Å². The van der Waals surface area contributed by atoms with Crippen molar-refractivity contribution in [3.63, 3.8) is 0 Å². The number of nitrogen functional groups attached to an aromatic ring is 1. The number of hydrogen-bond donors (Lipinski definition) is 1. The summed E-state index contributed by atoms with van der Waals surface area (Å²) in [6.07, 6.45) is -4.81. The van der Waals surface area contributed by atoms with Gasteiger partial charge in [0.25, 0.3) is 0 Å². The third-order valence-corrected chi connectivity index (χ3v) is 1.92. The Kier molecular flexibility index (Phi) is 3.10. The summed E-state index contributed by atoms with van der Waals surface area (Å²) in [5.41, 5.74) is 5.18. The molecule has 0 bridgehead atoms. The van der Waals surface area contributed by atoms with Gasteiger partial charge in [0.05, 0.1) is 4.47 Å². The molecule has 0 fully saturated rings. The minimum Gasteiger partial charge on any atom is -0.401 e. The lowest BCUT2D eigenvalue weighted by atomic mass is 10.4. The van der Waals surface area contributed by atoms with Gasteiger partial charge in [0.15, 0.2) is 11.6 Å². The Morgan fingerprint density at radius 1 is 1.50 bits per heavy atom. The molecule has 2 N–H and O–H groups in total. The van der Waals surface area contributed by atoms with Crippen LogP contribution >= 0.6 is 27.5 Å². The molecule has 1 aromatic rings. The summed E-state index contributed by atoms with van der Waals surface area (Å²) in [4.78, 5) is 3.41. The van der Waals surface area contributed by atoms with Gasteiger partial charge >= 0.3 is 6.36 Å². The first kappa shape index (κ1) is 11.4. The zero-order valence-electron chi connectivity index (χ0n) is 6.40. The molecular weight excluding hydrogens is 288 g/mol. The highest BCUT2D eigenvalue weighted by Crippen LogP contribution is 2.35. The quantitative estimate of drug-likeness (QED) is 0.809. The van der Waals surface area contributed by atoms with E-state index in [1.54, 1.807) is 0 Å². The summed E-state index contributed by atoms with van der Waals surface area (Å²) in [7, 11) is 0. The molecule has 8 heteroatoms. The van der Waals surface area contributed by atoms with E-state index in [2.05, 4.69) is 25.7 Å². The summed E-state index contributed by atoms with van der Waals surface area (Å²) in [6.45, 7) is 0. The zero-order valence-corrected chi connectivity index (χ0v) is 8.74. The summed E-state index contributed by atoms with van der Waals surface area (Å²) in [5, 5.41) is -0.0242. The van der Waals surface area contributed by atoms with E-state index in [9.17, 15) is 13.2 Å². The van der Waals surface area contributed by atoms with Crippen molar-refractivity contribution in [3.05, 3.63) is 15.7 Å². The van der Waals surface area contributed by atoms with Crippen molar-refractivity contribution in [3.8, 4) is 5.75 Å². The molecule has 78 valence electrons. The molecular formula is C6H3BrClF3N2O. The maximum absolute atomic E-state index is 11.8. The first-order chi connectivity index (χ1) is 6.29. The van der Waals surface area contributed by atoms with Crippen LogP contribution in [0.25, 0.3) is 0 Å². The molecule has 0 spiro atoms. The molecule has 1 aromatic heterocycles. The first-order valence-electron chi connectivity index (χ1n) is 3.17. The highest BCUT2D eigenvalue weighted by atomic mass is 79.9. The van der Waals surface area contributed by atoms with Gasteiger partial charge in [0.1, 0.15) is 5.15 Å². The van der Waals surface area contributed by atoms with Crippen molar-refractivity contribution >= 4 is 33.3 Å². The maximum atomic E-state index is 11.8. The third kappa shape index (κ3) is 2.91. The number of anilines is 1. The minimum absolute atomic E-state index is 0.00711. The highest BCUT2D eigenvalue weighted by molar-refractivity contribution is 9.10. The van der Waals surface area contributed by atoms with Crippen molar-refractivity contribution in [1.82, 2.24) is 4.98 Å². The van der Waals surface area contributed by atoms with Crippen molar-refractivity contribution in [2.75, 3.05) is 5.73 Å². The van der Waals surface area contributed by atoms with Crippen LogP contribution in [-0.4, -0.2) is 11.3 Å². The average molecular weight is 291 g/mol. The summed E-state index contributed by atoms with van der Waals surface area (Å²) < 4.78 is 39.1. The molecule has 1 rings (SSSR count). The van der Waals surface area contributed by atoms with Gasteiger partial charge in [0, 0.05) is 0 Å². The van der Waals surface area contributed by atoms with Gasteiger partial charge in [-0.3, -0.25) is 0 Å². The fraction of sp³-hybridized carbons (Fsp3) is 0.167. The van der Waals surface area contributed by atoms with E-state index < -0.39 is 17.9 Å². The molecule has 0 unspecified atom stereocenters. The lowest BCUT2D eigenvalue weighted by Crippen LogP contribution is -2.18. The lowest BCUT2D eigenvalue weighted by Gasteiger charge is -2.11. The monoisotopic (exact) mass is 290 g/mol. The van der Waals surface area contributed by atoms with Crippen LogP contribution in [0, 0.1) is 0 Å². The van der Waals surface area contributed by atoms with E-state index in [1.165, 1.54) is 0 Å². The minimum atomic E-state index is -4.81. The number of hydrogen-bond acceptors (Lipinski definition) is 3. The average Bonchev–Trinajstić information content (AvgIpc) is 1.95. The van der Waals surface area contributed by atoms with Crippen LogP contribution in [-0.2, 0) is 0 Å². The third-order valence-electron chi connectivity index (χ3n) is 1.14. The Morgan fingerprint density at radius 2 is 2.07 bits per heavy atom. The number of pyridine rings is 1. The van der Waals surface area contributed by atoms with Crippen LogP contribution in [0.15, 0.2) is 10.5 Å². The number of nitrogens with zero attached hydrogens (tertiary/aromatic N) is 1. The first-order valence-corrected chi connectivity index (χ1v) is 4.34. The van der Waals surface area contributed by atoms with Gasteiger partial charge in [-0.1, -0.05) is 11.6 Å². The van der Waals surface area contributed by atoms with Gasteiger partial charge in [0.2, 0.25) is 0 Å². The van der Waals surface area contributed by atoms with Crippen molar-refractivity contribution < 1.29 is 17.9 Å². The molecule has 0 atom stereocenters. The van der Waals surface area contributed by atoms with Crippen LogP contribution in [0.1, 0.15) is 0 Å². The number of alkyl halides is 3. The van der Waals surface area contributed by atoms with Crippen LogP contribution in [0.3, 0.4) is 0 Å². The molecule has 14 heavy (non-hydrogen) atoms. The second-order valence-electron chi connectivity index (χ2n) is 2.19. The molecule has 0 aliphatic rings. The predicted molar refractivity (Wildman–Crippen MR) is 48.0 cm³/mol. The molecule has 0 amide bonds. The Balaban J connectivity index is 3.09. The SMILES string of the molecule is Nc1nc(Cl)cc(Br)c1OC(F)(F)F. The largest absolute Gasteiger partial charge is 0.573 e. The maximum Gasteiger partial charge on any atom is 0.573 e. The Morgan fingerprint density at radius 3 is 2.50 bits per heavy atom.